The van der Waals surface area contributed by atoms with E-state index in [2.05, 4.69) is 23.3 Å². The molecule has 4 nitrogen and oxygen atoms in total. The minimum Gasteiger partial charge on any atom is -0.354 e. The summed E-state index contributed by atoms with van der Waals surface area (Å²) in [5.41, 5.74) is 3.74. The standard InChI is InChI=1S/C18H23N3O/c1-4-14-9-7-8-10-17(14)20-16-11-15(12-19-13-16)18(22)21(5-2)6-3/h7-13,20H,4-6H2,1-3H3. The van der Waals surface area contributed by atoms with Gasteiger partial charge in [0, 0.05) is 25.0 Å². The zero-order valence-electron chi connectivity index (χ0n) is 13.5. The van der Waals surface area contributed by atoms with Crippen LogP contribution < -0.4 is 5.32 Å². The highest BCUT2D eigenvalue weighted by Gasteiger charge is 2.13. The lowest BCUT2D eigenvalue weighted by atomic mass is 10.1. The number of benzene rings is 1. The molecule has 1 aromatic heterocycles. The number of nitrogens with zero attached hydrogens (tertiary/aromatic N) is 2. The van der Waals surface area contributed by atoms with Crippen molar-refractivity contribution in [1.29, 1.82) is 0 Å². The quantitative estimate of drug-likeness (QED) is 0.880. The van der Waals surface area contributed by atoms with Crippen LogP contribution in [0, 0.1) is 0 Å². The Morgan fingerprint density at radius 3 is 2.55 bits per heavy atom. The summed E-state index contributed by atoms with van der Waals surface area (Å²) in [4.78, 5) is 18.4. The van der Waals surface area contributed by atoms with Gasteiger partial charge in [0.05, 0.1) is 17.4 Å². The molecule has 1 amide bonds. The topological polar surface area (TPSA) is 45.2 Å². The monoisotopic (exact) mass is 297 g/mol. The lowest BCUT2D eigenvalue weighted by Crippen LogP contribution is -2.30. The van der Waals surface area contributed by atoms with Gasteiger partial charge in [-0.25, -0.2) is 0 Å². The number of carbonyl (C=O) groups excluding carboxylic acids is 1. The van der Waals surface area contributed by atoms with Crippen LogP contribution in [-0.2, 0) is 6.42 Å². The second-order valence-corrected chi connectivity index (χ2v) is 5.08. The van der Waals surface area contributed by atoms with Gasteiger partial charge in [0.15, 0.2) is 0 Å². The SMILES string of the molecule is CCc1ccccc1Nc1cncc(C(=O)N(CC)CC)c1. The van der Waals surface area contributed by atoms with E-state index < -0.39 is 0 Å². The molecule has 0 fully saturated rings. The lowest BCUT2D eigenvalue weighted by molar-refractivity contribution is 0.0772. The molecule has 0 spiro atoms. The summed E-state index contributed by atoms with van der Waals surface area (Å²) in [7, 11) is 0. The van der Waals surface area contributed by atoms with E-state index in [1.807, 2.05) is 38.1 Å². The van der Waals surface area contributed by atoms with Crippen molar-refractivity contribution in [2.45, 2.75) is 27.2 Å². The number of para-hydroxylation sites is 1. The zero-order chi connectivity index (χ0) is 15.9. The molecular formula is C18H23N3O. The Balaban J connectivity index is 2.23. The number of aryl methyl sites for hydroxylation is 1. The van der Waals surface area contributed by atoms with Crippen molar-refractivity contribution in [2.24, 2.45) is 0 Å². The van der Waals surface area contributed by atoms with Crippen molar-refractivity contribution in [3.05, 3.63) is 53.9 Å². The highest BCUT2D eigenvalue weighted by Crippen LogP contribution is 2.21. The largest absolute Gasteiger partial charge is 0.354 e. The molecule has 0 aliphatic heterocycles. The molecule has 2 aromatic rings. The summed E-state index contributed by atoms with van der Waals surface area (Å²) >= 11 is 0. The number of carbonyl (C=O) groups is 1. The van der Waals surface area contributed by atoms with Crippen LogP contribution in [0.2, 0.25) is 0 Å². The van der Waals surface area contributed by atoms with Gasteiger partial charge in [0.25, 0.3) is 5.91 Å². The predicted molar refractivity (Wildman–Crippen MR) is 90.6 cm³/mol. The van der Waals surface area contributed by atoms with Crippen LogP contribution in [0.15, 0.2) is 42.7 Å². The summed E-state index contributed by atoms with van der Waals surface area (Å²) in [5, 5.41) is 3.36. The minimum absolute atomic E-state index is 0.0185. The van der Waals surface area contributed by atoms with Crippen LogP contribution >= 0.6 is 0 Å². The maximum Gasteiger partial charge on any atom is 0.255 e. The van der Waals surface area contributed by atoms with Gasteiger partial charge in [-0.1, -0.05) is 25.1 Å². The lowest BCUT2D eigenvalue weighted by Gasteiger charge is -2.19. The van der Waals surface area contributed by atoms with E-state index in [0.29, 0.717) is 18.7 Å². The summed E-state index contributed by atoms with van der Waals surface area (Å²) in [6.07, 6.45) is 4.32. The van der Waals surface area contributed by atoms with E-state index in [1.54, 1.807) is 17.3 Å². The Labute approximate surface area is 132 Å². The van der Waals surface area contributed by atoms with Gasteiger partial charge in [-0.15, -0.1) is 0 Å². The van der Waals surface area contributed by atoms with E-state index in [-0.39, 0.29) is 5.91 Å². The van der Waals surface area contributed by atoms with Gasteiger partial charge in [0.2, 0.25) is 0 Å². The molecule has 2 rings (SSSR count). The van der Waals surface area contributed by atoms with Gasteiger partial charge < -0.3 is 10.2 Å². The minimum atomic E-state index is 0.0185. The molecule has 116 valence electrons. The van der Waals surface area contributed by atoms with E-state index >= 15 is 0 Å². The molecule has 0 aliphatic carbocycles. The van der Waals surface area contributed by atoms with Gasteiger partial charge in [0.1, 0.15) is 0 Å². The van der Waals surface area contributed by atoms with Crippen molar-refractivity contribution in [1.82, 2.24) is 9.88 Å². The molecule has 0 saturated carbocycles. The summed E-state index contributed by atoms with van der Waals surface area (Å²) in [6, 6.07) is 10.0. The number of hydrogen-bond donors (Lipinski definition) is 1. The fourth-order valence-electron chi connectivity index (χ4n) is 2.42. The predicted octanol–water partition coefficient (Wildman–Crippen LogP) is 3.87. The maximum absolute atomic E-state index is 12.4. The Bertz CT molecular complexity index is 636. The first-order valence-corrected chi connectivity index (χ1v) is 7.78. The molecule has 0 aliphatic rings. The zero-order valence-corrected chi connectivity index (χ0v) is 13.5. The average Bonchev–Trinajstić information content (AvgIpc) is 2.56. The fraction of sp³-hybridized carbons (Fsp3) is 0.333. The van der Waals surface area contributed by atoms with Gasteiger partial charge in [-0.3, -0.25) is 9.78 Å². The van der Waals surface area contributed by atoms with E-state index in [9.17, 15) is 4.79 Å². The summed E-state index contributed by atoms with van der Waals surface area (Å²) < 4.78 is 0. The molecule has 0 bridgehead atoms. The maximum atomic E-state index is 12.4. The molecule has 1 N–H and O–H groups in total. The molecule has 0 saturated heterocycles. The van der Waals surface area contributed by atoms with Gasteiger partial charge in [-0.2, -0.15) is 0 Å². The number of anilines is 2. The molecule has 22 heavy (non-hydrogen) atoms. The third kappa shape index (κ3) is 3.64. The van der Waals surface area contributed by atoms with Gasteiger partial charge in [-0.05, 0) is 38.0 Å². The Kier molecular flexibility index (Phi) is 5.53. The van der Waals surface area contributed by atoms with Crippen LogP contribution in [0.25, 0.3) is 0 Å². The number of hydrogen-bond acceptors (Lipinski definition) is 3. The molecule has 4 heteroatoms. The van der Waals surface area contributed by atoms with Crippen molar-refractivity contribution in [3.63, 3.8) is 0 Å². The highest BCUT2D eigenvalue weighted by molar-refractivity contribution is 5.94. The second kappa shape index (κ2) is 7.59. The Morgan fingerprint density at radius 2 is 1.86 bits per heavy atom. The van der Waals surface area contributed by atoms with E-state index in [0.717, 1.165) is 17.8 Å². The summed E-state index contributed by atoms with van der Waals surface area (Å²) in [6.45, 7) is 7.49. The fourth-order valence-corrected chi connectivity index (χ4v) is 2.42. The van der Waals surface area contributed by atoms with Crippen LogP contribution in [0.3, 0.4) is 0 Å². The first-order chi connectivity index (χ1) is 10.7. The number of rotatable bonds is 6. The highest BCUT2D eigenvalue weighted by atomic mass is 16.2. The second-order valence-electron chi connectivity index (χ2n) is 5.08. The summed E-state index contributed by atoms with van der Waals surface area (Å²) in [5.74, 6) is 0.0185. The third-order valence-electron chi connectivity index (χ3n) is 3.71. The molecular weight excluding hydrogens is 274 g/mol. The first-order valence-electron chi connectivity index (χ1n) is 7.78. The molecule has 0 atom stereocenters. The van der Waals surface area contributed by atoms with E-state index in [1.165, 1.54) is 5.56 Å². The van der Waals surface area contributed by atoms with Crippen LogP contribution in [-0.4, -0.2) is 28.9 Å². The number of aromatic nitrogens is 1. The van der Waals surface area contributed by atoms with Gasteiger partial charge >= 0.3 is 0 Å². The number of amides is 1. The van der Waals surface area contributed by atoms with Crippen molar-refractivity contribution >= 4 is 17.3 Å². The van der Waals surface area contributed by atoms with Crippen LogP contribution in [0.4, 0.5) is 11.4 Å². The van der Waals surface area contributed by atoms with Crippen molar-refractivity contribution in [2.75, 3.05) is 18.4 Å². The first kappa shape index (κ1) is 16.0. The molecule has 0 unspecified atom stereocenters. The van der Waals surface area contributed by atoms with Crippen molar-refractivity contribution in [3.8, 4) is 0 Å². The van der Waals surface area contributed by atoms with Crippen molar-refractivity contribution < 1.29 is 4.79 Å². The average molecular weight is 297 g/mol. The normalized spacial score (nSPS) is 10.3. The number of nitrogens with one attached hydrogen (secondary N) is 1. The molecule has 1 heterocycles. The third-order valence-corrected chi connectivity index (χ3v) is 3.71. The molecule has 1 aromatic carbocycles. The molecule has 0 radical (unpaired) electrons. The Morgan fingerprint density at radius 1 is 1.14 bits per heavy atom. The van der Waals surface area contributed by atoms with Crippen LogP contribution in [0.5, 0.6) is 0 Å². The van der Waals surface area contributed by atoms with E-state index in [4.69, 9.17) is 0 Å². The van der Waals surface area contributed by atoms with Crippen LogP contribution in [0.1, 0.15) is 36.7 Å². The Hall–Kier alpha value is -2.36. The number of pyridine rings is 1. The smallest absolute Gasteiger partial charge is 0.255 e.